The summed E-state index contributed by atoms with van der Waals surface area (Å²) < 4.78 is 5.28. The van der Waals surface area contributed by atoms with Crippen LogP contribution in [0.3, 0.4) is 0 Å². The second kappa shape index (κ2) is 19.4. The molecule has 13 N–H and O–H groups in total. The molecule has 0 aliphatic carbocycles. The van der Waals surface area contributed by atoms with Gasteiger partial charge in [-0.3, -0.25) is 33.8 Å². The third kappa shape index (κ3) is 12.6. The molecule has 0 bridgehead atoms. The first-order valence-electron chi connectivity index (χ1n) is 16.0. The number of amides is 5. The van der Waals surface area contributed by atoms with Crippen LogP contribution in [0.1, 0.15) is 37.7 Å². The molecule has 0 saturated carbocycles. The molecule has 20 heteroatoms. The van der Waals surface area contributed by atoms with E-state index < -0.39 is 91.3 Å². The quantitative estimate of drug-likeness (QED) is 0.0361. The number of aliphatic hydroxyl groups excluding tert-OH is 1. The van der Waals surface area contributed by atoms with E-state index in [2.05, 4.69) is 36.6 Å². The number of carboxylic acids is 2. The van der Waals surface area contributed by atoms with Gasteiger partial charge in [0, 0.05) is 36.7 Å². The summed E-state index contributed by atoms with van der Waals surface area (Å²) in [5.41, 5.74) is 12.0. The Hall–Kier alpha value is -5.76. The number of carbonyl (C=O) groups is 7. The van der Waals surface area contributed by atoms with Gasteiger partial charge in [0.2, 0.25) is 29.5 Å². The number of nitrogens with two attached hydrogens (primary N) is 2. The Morgan fingerprint density at radius 3 is 2.27 bits per heavy atom. The molecule has 5 atom stereocenters. The number of rotatable bonds is 20. The van der Waals surface area contributed by atoms with E-state index in [1.807, 2.05) is 0 Å². The van der Waals surface area contributed by atoms with Crippen LogP contribution >= 0.6 is 0 Å². The third-order valence-electron chi connectivity index (χ3n) is 7.78. The van der Waals surface area contributed by atoms with Crippen LogP contribution in [0.2, 0.25) is 0 Å². The van der Waals surface area contributed by atoms with Crippen molar-refractivity contribution in [2.24, 2.45) is 16.5 Å². The number of aliphatic imine (C=N–C) groups is 1. The van der Waals surface area contributed by atoms with Crippen LogP contribution in [0.15, 0.2) is 35.5 Å². The van der Waals surface area contributed by atoms with Gasteiger partial charge in [0.15, 0.2) is 5.96 Å². The minimum absolute atomic E-state index is 0.0507. The number of aliphatic carboxylic acids is 2. The number of carbonyl (C=O) groups excluding carboxylic acids is 5. The zero-order chi connectivity index (χ0) is 37.5. The lowest BCUT2D eigenvalue weighted by Crippen LogP contribution is -2.57. The number of aromatic amines is 1. The van der Waals surface area contributed by atoms with Crippen molar-refractivity contribution in [3.8, 4) is 0 Å². The maximum Gasteiger partial charge on any atom is 0.326 e. The topological polar surface area (TPSA) is 330 Å². The highest BCUT2D eigenvalue weighted by atomic mass is 16.5. The van der Waals surface area contributed by atoms with Gasteiger partial charge in [-0.1, -0.05) is 18.2 Å². The van der Waals surface area contributed by atoms with Gasteiger partial charge in [0.05, 0.1) is 19.6 Å². The number of hydrogen-bond acceptors (Lipinski definition) is 10. The van der Waals surface area contributed by atoms with Crippen molar-refractivity contribution < 1.29 is 53.6 Å². The molecular formula is C31H43N9O11. The largest absolute Gasteiger partial charge is 0.481 e. The molecule has 1 fully saturated rings. The normalized spacial score (nSPS) is 16.1. The maximum atomic E-state index is 13.1. The van der Waals surface area contributed by atoms with E-state index in [0.29, 0.717) is 25.0 Å². The van der Waals surface area contributed by atoms with Crippen LogP contribution in [0, 0.1) is 0 Å². The van der Waals surface area contributed by atoms with Crippen molar-refractivity contribution in [2.45, 2.75) is 68.8 Å². The van der Waals surface area contributed by atoms with Crippen molar-refractivity contribution in [2.75, 3.05) is 26.3 Å². The summed E-state index contributed by atoms with van der Waals surface area (Å²) in [5.74, 6) is -7.57. The summed E-state index contributed by atoms with van der Waals surface area (Å²) in [6.07, 6.45) is 0.956. The molecule has 1 aliphatic rings. The average molecular weight is 718 g/mol. The zero-order valence-corrected chi connectivity index (χ0v) is 27.6. The van der Waals surface area contributed by atoms with Gasteiger partial charge in [0.25, 0.3) is 0 Å². The fraction of sp³-hybridized carbons (Fsp3) is 0.484. The zero-order valence-electron chi connectivity index (χ0n) is 27.6. The van der Waals surface area contributed by atoms with Gasteiger partial charge in [-0.05, 0) is 37.3 Å². The van der Waals surface area contributed by atoms with E-state index in [1.165, 1.54) is 0 Å². The van der Waals surface area contributed by atoms with Gasteiger partial charge in [-0.25, -0.2) is 4.79 Å². The average Bonchev–Trinajstić information content (AvgIpc) is 3.77. The molecular weight excluding hydrogens is 674 g/mol. The number of para-hydroxylation sites is 1. The van der Waals surface area contributed by atoms with Crippen molar-refractivity contribution in [3.05, 3.63) is 36.0 Å². The predicted molar refractivity (Wildman–Crippen MR) is 179 cm³/mol. The number of nitrogens with one attached hydrogen (secondary N) is 6. The molecule has 3 rings (SSSR count). The molecule has 2 heterocycles. The van der Waals surface area contributed by atoms with Crippen LogP contribution in [0.4, 0.5) is 0 Å². The highest BCUT2D eigenvalue weighted by molar-refractivity contribution is 5.96. The molecule has 1 aliphatic heterocycles. The number of aliphatic hydroxyl groups is 1. The first kappa shape index (κ1) is 39.7. The summed E-state index contributed by atoms with van der Waals surface area (Å²) in [4.78, 5) is 94.7. The monoisotopic (exact) mass is 717 g/mol. The number of benzene rings is 1. The molecule has 5 amide bonds. The predicted octanol–water partition coefficient (Wildman–Crippen LogP) is -3.45. The Labute approximate surface area is 291 Å². The molecule has 20 nitrogen and oxygen atoms in total. The Kier molecular flexibility index (Phi) is 15.1. The molecule has 1 saturated heterocycles. The lowest BCUT2D eigenvalue weighted by molar-refractivity contribution is -0.143. The Balaban J connectivity index is 1.63. The molecule has 51 heavy (non-hydrogen) atoms. The number of guanidine groups is 1. The summed E-state index contributed by atoms with van der Waals surface area (Å²) in [6.45, 7) is -1.13. The fourth-order valence-electron chi connectivity index (χ4n) is 5.20. The Bertz CT molecular complexity index is 1600. The summed E-state index contributed by atoms with van der Waals surface area (Å²) in [6, 6.07) is 1.15. The number of carboxylic acid groups (broad SMARTS) is 2. The van der Waals surface area contributed by atoms with Crippen molar-refractivity contribution in [1.29, 1.82) is 0 Å². The third-order valence-corrected chi connectivity index (χ3v) is 7.78. The number of hydrogen-bond donors (Lipinski definition) is 11. The second-order valence-corrected chi connectivity index (χ2v) is 11.7. The minimum atomic E-state index is -1.72. The van der Waals surface area contributed by atoms with Gasteiger partial charge in [-0.15, -0.1) is 0 Å². The minimum Gasteiger partial charge on any atom is -0.481 e. The number of fused-ring (bicyclic) bond motifs is 1. The van der Waals surface area contributed by atoms with Crippen LogP contribution < -0.4 is 38.1 Å². The lowest BCUT2D eigenvalue weighted by Gasteiger charge is -2.23. The van der Waals surface area contributed by atoms with Gasteiger partial charge >= 0.3 is 11.9 Å². The standard InChI is InChI=1S/C31H43N9O11/c32-31(33)34-9-3-7-19(38-28(47)22(15-41)40-29(48)23-8-4-10-51-23)26(45)36-14-24(42)37-20(12-25(43)44)27(46)39-21(30(49)50)11-16-13-35-18-6-2-1-5-17(16)18/h1-2,5-6,13,19-23,35,41H,3-4,7-12,14-15H2,(H,36,45)(H,37,42)(H,38,47)(H,39,46)(H,40,48)(H,43,44)(H,49,50)(H4,32,33,34)/t19-,20-,21-,22-,23-/m0/s1. The van der Waals surface area contributed by atoms with Crippen molar-refractivity contribution in [3.63, 3.8) is 0 Å². The molecule has 0 spiro atoms. The van der Waals surface area contributed by atoms with E-state index >= 15 is 0 Å². The van der Waals surface area contributed by atoms with Crippen LogP contribution in [0.25, 0.3) is 10.9 Å². The SMILES string of the molecule is NC(N)=NCCC[C@H](NC(=O)[C@H](CO)NC(=O)[C@@H]1CCCO1)C(=O)NCC(=O)N[C@@H](CC(=O)O)C(=O)N[C@@H](Cc1c[nH]c2ccccc12)C(=O)O. The van der Waals surface area contributed by atoms with Crippen molar-refractivity contribution in [1.82, 2.24) is 31.6 Å². The number of aromatic nitrogens is 1. The molecule has 1 aromatic carbocycles. The lowest BCUT2D eigenvalue weighted by atomic mass is 10.0. The summed E-state index contributed by atoms with van der Waals surface area (Å²) in [5, 5.41) is 41.1. The molecule has 0 unspecified atom stereocenters. The molecule has 1 aromatic heterocycles. The Morgan fingerprint density at radius 1 is 0.922 bits per heavy atom. The van der Waals surface area contributed by atoms with Gasteiger partial charge < -0.3 is 63.1 Å². The molecule has 2 aromatic rings. The van der Waals surface area contributed by atoms with E-state index in [9.17, 15) is 48.9 Å². The van der Waals surface area contributed by atoms with Gasteiger partial charge in [-0.2, -0.15) is 0 Å². The summed E-state index contributed by atoms with van der Waals surface area (Å²) in [7, 11) is 0. The van der Waals surface area contributed by atoms with Crippen LogP contribution in [-0.4, -0.2) is 124 Å². The number of H-pyrrole nitrogens is 1. The summed E-state index contributed by atoms with van der Waals surface area (Å²) >= 11 is 0. The van der Waals surface area contributed by atoms with E-state index in [4.69, 9.17) is 16.2 Å². The first-order chi connectivity index (χ1) is 24.3. The van der Waals surface area contributed by atoms with E-state index in [0.717, 1.165) is 10.9 Å². The highest BCUT2D eigenvalue weighted by Crippen LogP contribution is 2.19. The number of ether oxygens (including phenoxy) is 1. The highest BCUT2D eigenvalue weighted by Gasteiger charge is 2.32. The number of nitrogens with zero attached hydrogens (tertiary/aromatic N) is 1. The van der Waals surface area contributed by atoms with E-state index in [-0.39, 0.29) is 31.8 Å². The van der Waals surface area contributed by atoms with Crippen LogP contribution in [0.5, 0.6) is 0 Å². The molecule has 278 valence electrons. The smallest absolute Gasteiger partial charge is 0.326 e. The fourth-order valence-corrected chi connectivity index (χ4v) is 5.20. The first-order valence-corrected chi connectivity index (χ1v) is 16.0. The van der Waals surface area contributed by atoms with E-state index in [1.54, 1.807) is 30.5 Å². The van der Waals surface area contributed by atoms with Crippen molar-refractivity contribution >= 4 is 58.3 Å². The maximum absolute atomic E-state index is 13.1. The van der Waals surface area contributed by atoms with Gasteiger partial charge in [0.1, 0.15) is 30.3 Å². The second-order valence-electron chi connectivity index (χ2n) is 11.7. The molecule has 0 radical (unpaired) electrons. The Morgan fingerprint density at radius 2 is 1.63 bits per heavy atom. The van der Waals surface area contributed by atoms with Crippen LogP contribution in [-0.2, 0) is 44.7 Å².